The molecule has 126 valence electrons. The molecule has 3 rings (SSSR count). The zero-order chi connectivity index (χ0) is 16.6. The van der Waals surface area contributed by atoms with Crippen LogP contribution in [0.1, 0.15) is 45.7 Å². The molecule has 1 aliphatic carbocycles. The van der Waals surface area contributed by atoms with Gasteiger partial charge >= 0.3 is 6.09 Å². The zero-order valence-corrected chi connectivity index (χ0v) is 14.0. The molecule has 0 spiro atoms. The first-order valence-corrected chi connectivity index (χ1v) is 7.97. The second kappa shape index (κ2) is 5.92. The molecule has 1 heterocycles. The highest BCUT2D eigenvalue weighted by Gasteiger charge is 2.40. The number of nitrogens with one attached hydrogen (secondary N) is 2. The molecule has 6 heteroatoms. The van der Waals surface area contributed by atoms with Gasteiger partial charge in [0.2, 0.25) is 6.79 Å². The van der Waals surface area contributed by atoms with E-state index in [1.807, 2.05) is 39.0 Å². The number of alkyl carbamates (subject to hydrolysis) is 1. The number of benzene rings is 1. The summed E-state index contributed by atoms with van der Waals surface area (Å²) in [6, 6.07) is 6.52. The Labute approximate surface area is 136 Å². The number of rotatable bonds is 4. The Morgan fingerprint density at radius 2 is 2.00 bits per heavy atom. The third-order valence-corrected chi connectivity index (χ3v) is 3.85. The molecule has 1 aromatic carbocycles. The molecule has 3 atom stereocenters. The quantitative estimate of drug-likeness (QED) is 0.893. The lowest BCUT2D eigenvalue weighted by molar-refractivity contribution is 0.0522. The Morgan fingerprint density at radius 3 is 2.74 bits per heavy atom. The van der Waals surface area contributed by atoms with E-state index in [1.54, 1.807) is 0 Å². The lowest BCUT2D eigenvalue weighted by Crippen LogP contribution is -2.37. The molecule has 2 aliphatic rings. The van der Waals surface area contributed by atoms with Crippen molar-refractivity contribution in [2.24, 2.45) is 0 Å². The fourth-order valence-electron chi connectivity index (χ4n) is 2.60. The molecule has 0 bridgehead atoms. The molecule has 6 nitrogen and oxygen atoms in total. The summed E-state index contributed by atoms with van der Waals surface area (Å²) in [5.74, 6) is 1.58. The second-order valence-corrected chi connectivity index (χ2v) is 7.10. The van der Waals surface area contributed by atoms with Gasteiger partial charge in [0, 0.05) is 18.1 Å². The number of fused-ring (bicyclic) bond motifs is 1. The maximum absolute atomic E-state index is 11.7. The van der Waals surface area contributed by atoms with E-state index in [1.165, 1.54) is 0 Å². The Hall–Kier alpha value is -1.95. The van der Waals surface area contributed by atoms with Gasteiger partial charge in [-0.2, -0.15) is 0 Å². The molecule has 0 saturated heterocycles. The van der Waals surface area contributed by atoms with Gasteiger partial charge in [0.25, 0.3) is 0 Å². The van der Waals surface area contributed by atoms with Gasteiger partial charge in [-0.3, -0.25) is 0 Å². The first-order valence-electron chi connectivity index (χ1n) is 7.97. The summed E-state index contributed by atoms with van der Waals surface area (Å²) in [6.07, 6.45) is 0.552. The zero-order valence-electron chi connectivity index (χ0n) is 14.0. The average molecular weight is 320 g/mol. The van der Waals surface area contributed by atoms with Crippen molar-refractivity contribution in [1.29, 1.82) is 0 Å². The number of hydrogen-bond acceptors (Lipinski definition) is 5. The van der Waals surface area contributed by atoms with Crippen LogP contribution >= 0.6 is 0 Å². The van der Waals surface area contributed by atoms with Crippen LogP contribution < -0.4 is 20.1 Å². The maximum atomic E-state index is 11.7. The Balaban J connectivity index is 1.48. The van der Waals surface area contributed by atoms with Crippen molar-refractivity contribution >= 4 is 6.09 Å². The molecule has 0 aromatic heterocycles. The molecular weight excluding hydrogens is 296 g/mol. The molecule has 1 aromatic rings. The fourth-order valence-corrected chi connectivity index (χ4v) is 2.60. The van der Waals surface area contributed by atoms with Crippen LogP contribution in [0.15, 0.2) is 18.2 Å². The molecular formula is C17H24N2O4. The van der Waals surface area contributed by atoms with Gasteiger partial charge in [0.1, 0.15) is 5.60 Å². The van der Waals surface area contributed by atoms with Gasteiger partial charge in [-0.25, -0.2) is 4.79 Å². The summed E-state index contributed by atoms with van der Waals surface area (Å²) >= 11 is 0. The van der Waals surface area contributed by atoms with Crippen LogP contribution in [0.5, 0.6) is 11.5 Å². The van der Waals surface area contributed by atoms with E-state index in [2.05, 4.69) is 17.6 Å². The minimum absolute atomic E-state index is 0.126. The number of carbonyl (C=O) groups excluding carboxylic acids is 1. The molecule has 0 radical (unpaired) electrons. The molecule has 1 amide bonds. The lowest BCUT2D eigenvalue weighted by Gasteiger charge is -2.20. The number of amides is 1. The number of hydrogen-bond donors (Lipinski definition) is 2. The topological polar surface area (TPSA) is 68.8 Å². The number of carbonyl (C=O) groups is 1. The SMILES string of the molecule is CC(NC1CC1NC(=O)OC(C)(C)C)c1ccc2c(c1)OCO2. The highest BCUT2D eigenvalue weighted by atomic mass is 16.7. The minimum Gasteiger partial charge on any atom is -0.454 e. The Kier molecular flexibility index (Phi) is 4.10. The summed E-state index contributed by atoms with van der Waals surface area (Å²) in [5.41, 5.74) is 0.666. The largest absolute Gasteiger partial charge is 0.454 e. The van der Waals surface area contributed by atoms with E-state index in [-0.39, 0.29) is 31.0 Å². The average Bonchev–Trinajstić information content (AvgIpc) is 2.99. The third kappa shape index (κ3) is 4.07. The van der Waals surface area contributed by atoms with Crippen LogP contribution in [-0.4, -0.2) is 30.6 Å². The van der Waals surface area contributed by atoms with E-state index in [9.17, 15) is 4.79 Å². The summed E-state index contributed by atoms with van der Waals surface area (Å²) in [5, 5.41) is 6.40. The summed E-state index contributed by atoms with van der Waals surface area (Å²) < 4.78 is 16.0. The van der Waals surface area contributed by atoms with E-state index in [0.29, 0.717) is 0 Å². The van der Waals surface area contributed by atoms with Gasteiger partial charge in [0.05, 0.1) is 0 Å². The van der Waals surface area contributed by atoms with E-state index >= 15 is 0 Å². The normalized spacial score (nSPS) is 23.3. The Bertz CT molecular complexity index is 597. The molecule has 1 saturated carbocycles. The molecule has 2 N–H and O–H groups in total. The van der Waals surface area contributed by atoms with E-state index in [4.69, 9.17) is 14.2 Å². The van der Waals surface area contributed by atoms with Crippen molar-refractivity contribution in [2.75, 3.05) is 6.79 Å². The predicted octanol–water partition coefficient (Wildman–Crippen LogP) is 2.73. The minimum atomic E-state index is -0.471. The summed E-state index contributed by atoms with van der Waals surface area (Å²) in [4.78, 5) is 11.7. The van der Waals surface area contributed by atoms with Gasteiger partial charge in [-0.1, -0.05) is 6.07 Å². The first-order chi connectivity index (χ1) is 10.8. The molecule has 23 heavy (non-hydrogen) atoms. The highest BCUT2D eigenvalue weighted by molar-refractivity contribution is 5.68. The van der Waals surface area contributed by atoms with Crippen LogP contribution in [0.2, 0.25) is 0 Å². The van der Waals surface area contributed by atoms with Crippen molar-refractivity contribution in [3.8, 4) is 11.5 Å². The van der Waals surface area contributed by atoms with Crippen molar-refractivity contribution in [3.05, 3.63) is 23.8 Å². The van der Waals surface area contributed by atoms with Crippen molar-refractivity contribution < 1.29 is 19.0 Å². The van der Waals surface area contributed by atoms with Gasteiger partial charge in [-0.05, 0) is 51.8 Å². The molecule has 1 aliphatic heterocycles. The van der Waals surface area contributed by atoms with E-state index in [0.717, 1.165) is 23.5 Å². The third-order valence-electron chi connectivity index (χ3n) is 3.85. The van der Waals surface area contributed by atoms with Crippen LogP contribution in [0.4, 0.5) is 4.79 Å². The summed E-state index contributed by atoms with van der Waals surface area (Å²) in [6.45, 7) is 7.95. The van der Waals surface area contributed by atoms with Crippen molar-refractivity contribution in [1.82, 2.24) is 10.6 Å². The van der Waals surface area contributed by atoms with Crippen molar-refractivity contribution in [2.45, 2.75) is 57.8 Å². The molecule has 3 unspecified atom stereocenters. The predicted molar refractivity (Wildman–Crippen MR) is 85.7 cm³/mol. The van der Waals surface area contributed by atoms with Crippen LogP contribution in [0.25, 0.3) is 0 Å². The number of ether oxygens (including phenoxy) is 3. The summed E-state index contributed by atoms with van der Waals surface area (Å²) in [7, 11) is 0. The monoisotopic (exact) mass is 320 g/mol. The fraction of sp³-hybridized carbons (Fsp3) is 0.588. The van der Waals surface area contributed by atoms with Gasteiger partial charge < -0.3 is 24.8 Å². The smallest absolute Gasteiger partial charge is 0.407 e. The Morgan fingerprint density at radius 1 is 1.26 bits per heavy atom. The maximum Gasteiger partial charge on any atom is 0.407 e. The molecule has 1 fully saturated rings. The standard InChI is InChI=1S/C17H24N2O4/c1-10(11-5-6-14-15(7-11)22-9-21-14)18-12-8-13(12)19-16(20)23-17(2,3)4/h5-7,10,12-13,18H,8-9H2,1-4H3,(H,19,20). The van der Waals surface area contributed by atoms with E-state index < -0.39 is 5.60 Å². The lowest BCUT2D eigenvalue weighted by atomic mass is 10.1. The second-order valence-electron chi connectivity index (χ2n) is 7.10. The van der Waals surface area contributed by atoms with Crippen LogP contribution in [0, 0.1) is 0 Å². The van der Waals surface area contributed by atoms with Crippen molar-refractivity contribution in [3.63, 3.8) is 0 Å². The first kappa shape index (κ1) is 15.9. The van der Waals surface area contributed by atoms with Gasteiger partial charge in [0.15, 0.2) is 11.5 Å². The highest BCUT2D eigenvalue weighted by Crippen LogP contribution is 2.35. The van der Waals surface area contributed by atoms with Gasteiger partial charge in [-0.15, -0.1) is 0 Å². The van der Waals surface area contributed by atoms with Crippen LogP contribution in [0.3, 0.4) is 0 Å². The van der Waals surface area contributed by atoms with Crippen LogP contribution in [-0.2, 0) is 4.74 Å².